The second-order valence-electron chi connectivity index (χ2n) is 6.17. The minimum atomic E-state index is -1.04. The van der Waals surface area contributed by atoms with E-state index >= 15 is 0 Å². The highest BCUT2D eigenvalue weighted by atomic mass is 16.5. The monoisotopic (exact) mass is 343 g/mol. The van der Waals surface area contributed by atoms with Crippen LogP contribution in [0.15, 0.2) is 36.5 Å². The number of aromatic nitrogens is 2. The summed E-state index contributed by atoms with van der Waals surface area (Å²) in [5, 5.41) is 16.5. The van der Waals surface area contributed by atoms with Gasteiger partial charge < -0.3 is 15.2 Å². The summed E-state index contributed by atoms with van der Waals surface area (Å²) >= 11 is 0. The smallest absolute Gasteiger partial charge is 0.326 e. The van der Waals surface area contributed by atoms with Gasteiger partial charge in [0.1, 0.15) is 6.04 Å². The average molecular weight is 343 g/mol. The number of carboxylic acid groups (broad SMARTS) is 1. The Labute approximate surface area is 145 Å². The molecule has 1 aliphatic rings. The third-order valence-electron chi connectivity index (χ3n) is 4.38. The zero-order chi connectivity index (χ0) is 17.8. The number of amides is 1. The summed E-state index contributed by atoms with van der Waals surface area (Å²) in [7, 11) is 0. The first kappa shape index (κ1) is 17.2. The molecule has 25 heavy (non-hydrogen) atoms. The van der Waals surface area contributed by atoms with Crippen molar-refractivity contribution in [3.63, 3.8) is 0 Å². The van der Waals surface area contributed by atoms with Crippen LogP contribution in [0.1, 0.15) is 28.9 Å². The van der Waals surface area contributed by atoms with Crippen LogP contribution < -0.4 is 5.32 Å². The molecular weight excluding hydrogens is 322 g/mol. The maximum absolute atomic E-state index is 12.6. The summed E-state index contributed by atoms with van der Waals surface area (Å²) in [5.74, 6) is -1.70. The van der Waals surface area contributed by atoms with Gasteiger partial charge in [-0.25, -0.2) is 9.48 Å². The van der Waals surface area contributed by atoms with E-state index in [4.69, 9.17) is 4.74 Å². The Balaban J connectivity index is 1.78. The third kappa shape index (κ3) is 3.88. The van der Waals surface area contributed by atoms with E-state index in [-0.39, 0.29) is 5.92 Å². The molecule has 1 aliphatic heterocycles. The van der Waals surface area contributed by atoms with Crippen LogP contribution in [-0.2, 0) is 9.53 Å². The van der Waals surface area contributed by atoms with Gasteiger partial charge in [0.15, 0.2) is 0 Å². The number of ether oxygens (including phenoxy) is 1. The molecule has 2 atom stereocenters. The van der Waals surface area contributed by atoms with Gasteiger partial charge in [0, 0.05) is 18.7 Å². The standard InChI is InChI=1S/C18H21N3O4/c1-12-15(10-21(20-12)14-7-3-2-4-8-14)17(22)19-16(18(23)24)13-6-5-9-25-11-13/h2-4,7-8,10,13,16H,5-6,9,11H2,1H3,(H,19,22)(H,23,24). The van der Waals surface area contributed by atoms with Crippen molar-refractivity contribution in [2.75, 3.05) is 13.2 Å². The Morgan fingerprint density at radius 1 is 1.36 bits per heavy atom. The topological polar surface area (TPSA) is 93.5 Å². The highest BCUT2D eigenvalue weighted by molar-refractivity contribution is 5.97. The highest BCUT2D eigenvalue weighted by Crippen LogP contribution is 2.19. The first-order valence-electron chi connectivity index (χ1n) is 8.29. The molecule has 0 aliphatic carbocycles. The minimum Gasteiger partial charge on any atom is -0.480 e. The zero-order valence-corrected chi connectivity index (χ0v) is 14.0. The van der Waals surface area contributed by atoms with Gasteiger partial charge in [-0.05, 0) is 31.9 Å². The van der Waals surface area contributed by atoms with E-state index < -0.39 is 17.9 Å². The lowest BCUT2D eigenvalue weighted by Gasteiger charge is -2.28. The summed E-state index contributed by atoms with van der Waals surface area (Å²) in [6, 6.07) is 8.47. The number of carbonyl (C=O) groups is 2. The van der Waals surface area contributed by atoms with E-state index in [9.17, 15) is 14.7 Å². The van der Waals surface area contributed by atoms with Crippen LogP contribution in [-0.4, -0.2) is 46.0 Å². The number of benzene rings is 1. The van der Waals surface area contributed by atoms with Crippen LogP contribution >= 0.6 is 0 Å². The molecule has 1 fully saturated rings. The molecule has 1 aromatic carbocycles. The van der Waals surface area contributed by atoms with Crippen LogP contribution in [0.3, 0.4) is 0 Å². The van der Waals surface area contributed by atoms with E-state index in [0.717, 1.165) is 18.5 Å². The molecule has 2 aromatic rings. The maximum atomic E-state index is 12.6. The third-order valence-corrected chi connectivity index (χ3v) is 4.38. The highest BCUT2D eigenvalue weighted by Gasteiger charge is 2.32. The van der Waals surface area contributed by atoms with Crippen LogP contribution in [0, 0.1) is 12.8 Å². The quantitative estimate of drug-likeness (QED) is 0.863. The molecule has 1 aromatic heterocycles. The van der Waals surface area contributed by atoms with Crippen molar-refractivity contribution in [1.82, 2.24) is 15.1 Å². The molecule has 0 spiro atoms. The predicted octanol–water partition coefficient (Wildman–Crippen LogP) is 1.79. The molecule has 3 rings (SSSR count). The lowest BCUT2D eigenvalue weighted by molar-refractivity contribution is -0.142. The fraction of sp³-hybridized carbons (Fsp3) is 0.389. The number of hydrogen-bond acceptors (Lipinski definition) is 4. The normalized spacial score (nSPS) is 18.5. The first-order valence-corrected chi connectivity index (χ1v) is 8.29. The maximum Gasteiger partial charge on any atom is 0.326 e. The van der Waals surface area contributed by atoms with Crippen LogP contribution in [0.25, 0.3) is 5.69 Å². The van der Waals surface area contributed by atoms with Crippen molar-refractivity contribution < 1.29 is 19.4 Å². The number of aryl methyl sites for hydroxylation is 1. The van der Waals surface area contributed by atoms with Gasteiger partial charge in [0.25, 0.3) is 5.91 Å². The molecule has 7 nitrogen and oxygen atoms in total. The van der Waals surface area contributed by atoms with E-state index in [1.807, 2.05) is 30.3 Å². The number of carbonyl (C=O) groups excluding carboxylic acids is 1. The Morgan fingerprint density at radius 3 is 2.76 bits per heavy atom. The van der Waals surface area contributed by atoms with E-state index in [1.165, 1.54) is 0 Å². The molecule has 1 amide bonds. The number of carboxylic acids is 1. The molecule has 2 N–H and O–H groups in total. The number of aliphatic carboxylic acids is 1. The Kier molecular flexibility index (Phi) is 5.14. The van der Waals surface area contributed by atoms with Crippen LogP contribution in [0.2, 0.25) is 0 Å². The Hall–Kier alpha value is -2.67. The van der Waals surface area contributed by atoms with Gasteiger partial charge >= 0.3 is 5.97 Å². The molecule has 7 heteroatoms. The number of nitrogens with zero attached hydrogens (tertiary/aromatic N) is 2. The summed E-state index contributed by atoms with van der Waals surface area (Å²) in [6.07, 6.45) is 3.14. The van der Waals surface area contributed by atoms with Crippen LogP contribution in [0.4, 0.5) is 0 Å². The summed E-state index contributed by atoms with van der Waals surface area (Å²) < 4.78 is 6.97. The average Bonchev–Trinajstić information content (AvgIpc) is 3.02. The fourth-order valence-electron chi connectivity index (χ4n) is 3.02. The number of nitrogens with one attached hydrogen (secondary N) is 1. The summed E-state index contributed by atoms with van der Waals surface area (Å²) in [6.45, 7) is 2.72. The van der Waals surface area contributed by atoms with Gasteiger partial charge in [-0.3, -0.25) is 4.79 Å². The van der Waals surface area contributed by atoms with E-state index in [2.05, 4.69) is 10.4 Å². The van der Waals surface area contributed by atoms with Crippen molar-refractivity contribution in [2.45, 2.75) is 25.8 Å². The van der Waals surface area contributed by atoms with Crippen LogP contribution in [0.5, 0.6) is 0 Å². The molecule has 0 bridgehead atoms. The van der Waals surface area contributed by atoms with Gasteiger partial charge in [-0.1, -0.05) is 18.2 Å². The van der Waals surface area contributed by atoms with E-state index in [1.54, 1.807) is 17.8 Å². The Bertz CT molecular complexity index is 751. The van der Waals surface area contributed by atoms with Gasteiger partial charge in [-0.2, -0.15) is 5.10 Å². The largest absolute Gasteiger partial charge is 0.480 e. The summed E-state index contributed by atoms with van der Waals surface area (Å²) in [4.78, 5) is 24.2. The molecule has 0 radical (unpaired) electrons. The van der Waals surface area contributed by atoms with E-state index in [0.29, 0.717) is 24.5 Å². The lowest BCUT2D eigenvalue weighted by atomic mass is 9.93. The zero-order valence-electron chi connectivity index (χ0n) is 14.0. The molecular formula is C18H21N3O4. The number of para-hydroxylation sites is 1. The van der Waals surface area contributed by atoms with Gasteiger partial charge in [-0.15, -0.1) is 0 Å². The molecule has 1 saturated heterocycles. The van der Waals surface area contributed by atoms with Crippen molar-refractivity contribution in [3.05, 3.63) is 47.8 Å². The SMILES string of the molecule is Cc1nn(-c2ccccc2)cc1C(=O)NC(C(=O)O)C1CCCOC1. The molecule has 0 saturated carbocycles. The van der Waals surface area contributed by atoms with Crippen molar-refractivity contribution in [2.24, 2.45) is 5.92 Å². The second kappa shape index (κ2) is 7.48. The molecule has 2 unspecified atom stereocenters. The number of hydrogen-bond donors (Lipinski definition) is 2. The fourth-order valence-corrected chi connectivity index (χ4v) is 3.02. The predicted molar refractivity (Wildman–Crippen MR) is 90.7 cm³/mol. The number of rotatable bonds is 5. The second-order valence-corrected chi connectivity index (χ2v) is 6.17. The first-order chi connectivity index (χ1) is 12.1. The van der Waals surface area contributed by atoms with Crippen molar-refractivity contribution >= 4 is 11.9 Å². The molecule has 2 heterocycles. The Morgan fingerprint density at radius 2 is 2.12 bits per heavy atom. The van der Waals surface area contributed by atoms with Crippen molar-refractivity contribution in [3.8, 4) is 5.69 Å². The van der Waals surface area contributed by atoms with Gasteiger partial charge in [0.05, 0.1) is 23.6 Å². The summed E-state index contributed by atoms with van der Waals surface area (Å²) in [5.41, 5.74) is 1.75. The van der Waals surface area contributed by atoms with Gasteiger partial charge in [0.2, 0.25) is 0 Å². The lowest BCUT2D eigenvalue weighted by Crippen LogP contribution is -2.48. The molecule has 132 valence electrons. The minimum absolute atomic E-state index is 0.223. The van der Waals surface area contributed by atoms with Crippen molar-refractivity contribution in [1.29, 1.82) is 0 Å².